The third kappa shape index (κ3) is 4.13. The molecule has 0 heterocycles. The summed E-state index contributed by atoms with van der Waals surface area (Å²) in [7, 11) is 0. The number of halogens is 2. The fourth-order valence-corrected chi connectivity index (χ4v) is 2.19. The van der Waals surface area contributed by atoms with Crippen LogP contribution in [-0.4, -0.2) is 5.11 Å². The van der Waals surface area contributed by atoms with Gasteiger partial charge in [0.2, 0.25) is 0 Å². The van der Waals surface area contributed by atoms with E-state index in [1.807, 2.05) is 24.3 Å². The standard InChI is InChI=1S/C15H15BrFNO/c16-14-7-13(5-6-15(14)17)9-18-8-11-1-3-12(10-19)4-2-11/h1-7,18-19H,8-10H2. The molecule has 2 N–H and O–H groups in total. The first-order valence-corrected chi connectivity index (χ1v) is 6.81. The van der Waals surface area contributed by atoms with Gasteiger partial charge in [0.25, 0.3) is 0 Å². The van der Waals surface area contributed by atoms with Crippen molar-refractivity contribution in [2.75, 3.05) is 0 Å². The molecular weight excluding hydrogens is 309 g/mol. The summed E-state index contributed by atoms with van der Waals surface area (Å²) in [6, 6.07) is 12.8. The Labute approximate surface area is 120 Å². The molecule has 0 aliphatic heterocycles. The Kier molecular flexibility index (Phi) is 5.07. The van der Waals surface area contributed by atoms with Gasteiger partial charge >= 0.3 is 0 Å². The summed E-state index contributed by atoms with van der Waals surface area (Å²) in [6.45, 7) is 1.48. The van der Waals surface area contributed by atoms with Gasteiger partial charge < -0.3 is 10.4 Å². The highest BCUT2D eigenvalue weighted by Gasteiger charge is 2.00. The van der Waals surface area contributed by atoms with E-state index in [2.05, 4.69) is 21.2 Å². The van der Waals surface area contributed by atoms with E-state index in [0.29, 0.717) is 11.0 Å². The van der Waals surface area contributed by atoms with Crippen LogP contribution in [0.25, 0.3) is 0 Å². The molecule has 0 radical (unpaired) electrons. The van der Waals surface area contributed by atoms with Crippen LogP contribution in [0.2, 0.25) is 0 Å². The topological polar surface area (TPSA) is 32.3 Å². The molecule has 0 bridgehead atoms. The number of rotatable bonds is 5. The Hall–Kier alpha value is -1.23. The molecule has 0 aliphatic rings. The normalized spacial score (nSPS) is 10.7. The van der Waals surface area contributed by atoms with Crippen molar-refractivity contribution in [3.8, 4) is 0 Å². The Bertz CT molecular complexity index is 542. The van der Waals surface area contributed by atoms with Gasteiger partial charge in [0.1, 0.15) is 5.82 Å². The Morgan fingerprint density at radius 1 is 0.947 bits per heavy atom. The molecule has 2 rings (SSSR count). The highest BCUT2D eigenvalue weighted by molar-refractivity contribution is 9.10. The van der Waals surface area contributed by atoms with Crippen molar-refractivity contribution in [1.82, 2.24) is 5.32 Å². The van der Waals surface area contributed by atoms with E-state index < -0.39 is 0 Å². The minimum atomic E-state index is -0.247. The van der Waals surface area contributed by atoms with Gasteiger partial charge in [-0.05, 0) is 44.8 Å². The molecule has 0 atom stereocenters. The second kappa shape index (κ2) is 6.80. The highest BCUT2D eigenvalue weighted by Crippen LogP contribution is 2.16. The van der Waals surface area contributed by atoms with Crippen molar-refractivity contribution < 1.29 is 9.50 Å². The van der Waals surface area contributed by atoms with E-state index in [9.17, 15) is 4.39 Å². The van der Waals surface area contributed by atoms with Crippen molar-refractivity contribution in [2.45, 2.75) is 19.7 Å². The van der Waals surface area contributed by atoms with E-state index >= 15 is 0 Å². The molecule has 0 amide bonds. The lowest BCUT2D eigenvalue weighted by Gasteiger charge is -2.06. The molecule has 0 aromatic heterocycles. The summed E-state index contributed by atoms with van der Waals surface area (Å²) >= 11 is 3.17. The molecule has 4 heteroatoms. The van der Waals surface area contributed by atoms with E-state index in [4.69, 9.17) is 5.11 Å². The van der Waals surface area contributed by atoms with Gasteiger partial charge in [-0.2, -0.15) is 0 Å². The Balaban J connectivity index is 1.86. The molecule has 0 unspecified atom stereocenters. The van der Waals surface area contributed by atoms with Crippen molar-refractivity contribution in [3.63, 3.8) is 0 Å². The first-order valence-electron chi connectivity index (χ1n) is 6.02. The van der Waals surface area contributed by atoms with Crippen LogP contribution in [0.1, 0.15) is 16.7 Å². The summed E-state index contributed by atoms with van der Waals surface area (Å²) < 4.78 is 13.6. The summed E-state index contributed by atoms with van der Waals surface area (Å²) in [5, 5.41) is 12.2. The largest absolute Gasteiger partial charge is 0.392 e. The monoisotopic (exact) mass is 323 g/mol. The maximum Gasteiger partial charge on any atom is 0.137 e. The van der Waals surface area contributed by atoms with Gasteiger partial charge in [-0.3, -0.25) is 0 Å². The number of benzene rings is 2. The molecule has 0 spiro atoms. The molecule has 100 valence electrons. The van der Waals surface area contributed by atoms with E-state index in [0.717, 1.165) is 23.2 Å². The van der Waals surface area contributed by atoms with Gasteiger partial charge in [-0.15, -0.1) is 0 Å². The number of aliphatic hydroxyl groups is 1. The van der Waals surface area contributed by atoms with Crippen molar-refractivity contribution >= 4 is 15.9 Å². The lowest BCUT2D eigenvalue weighted by molar-refractivity contribution is 0.282. The van der Waals surface area contributed by atoms with Gasteiger partial charge in [-0.1, -0.05) is 30.3 Å². The number of hydrogen-bond donors (Lipinski definition) is 2. The second-order valence-electron chi connectivity index (χ2n) is 4.33. The van der Waals surface area contributed by atoms with Crippen LogP contribution in [0.3, 0.4) is 0 Å². The van der Waals surface area contributed by atoms with Gasteiger partial charge in [0, 0.05) is 13.1 Å². The highest BCUT2D eigenvalue weighted by atomic mass is 79.9. The lowest BCUT2D eigenvalue weighted by Crippen LogP contribution is -2.12. The van der Waals surface area contributed by atoms with Crippen LogP contribution in [0.5, 0.6) is 0 Å². The summed E-state index contributed by atoms with van der Waals surface area (Å²) in [4.78, 5) is 0. The van der Waals surface area contributed by atoms with Gasteiger partial charge in [0.15, 0.2) is 0 Å². The van der Waals surface area contributed by atoms with Gasteiger partial charge in [0.05, 0.1) is 11.1 Å². The molecule has 2 aromatic carbocycles. The smallest absolute Gasteiger partial charge is 0.137 e. The first-order chi connectivity index (χ1) is 9.19. The maximum atomic E-state index is 13.1. The van der Waals surface area contributed by atoms with E-state index in [-0.39, 0.29) is 12.4 Å². The van der Waals surface area contributed by atoms with Crippen LogP contribution in [0, 0.1) is 5.82 Å². The zero-order chi connectivity index (χ0) is 13.7. The molecule has 2 aromatic rings. The molecule has 19 heavy (non-hydrogen) atoms. The summed E-state index contributed by atoms with van der Waals surface area (Å²) in [5.74, 6) is -0.247. The van der Waals surface area contributed by atoms with Crippen molar-refractivity contribution in [3.05, 3.63) is 69.4 Å². The average molecular weight is 324 g/mol. The number of aliphatic hydroxyl groups excluding tert-OH is 1. The van der Waals surface area contributed by atoms with Gasteiger partial charge in [-0.25, -0.2) is 4.39 Å². The van der Waals surface area contributed by atoms with Crippen molar-refractivity contribution in [1.29, 1.82) is 0 Å². The zero-order valence-corrected chi connectivity index (χ0v) is 12.0. The second-order valence-corrected chi connectivity index (χ2v) is 5.18. The molecule has 0 saturated carbocycles. The molecular formula is C15H15BrFNO. The summed E-state index contributed by atoms with van der Waals surface area (Å²) in [6.07, 6.45) is 0. The lowest BCUT2D eigenvalue weighted by atomic mass is 10.1. The quantitative estimate of drug-likeness (QED) is 0.884. The van der Waals surface area contributed by atoms with Crippen LogP contribution >= 0.6 is 15.9 Å². The first kappa shape index (κ1) is 14.2. The molecule has 2 nitrogen and oxygen atoms in total. The van der Waals surface area contributed by atoms with Crippen LogP contribution in [-0.2, 0) is 19.7 Å². The molecule has 0 fully saturated rings. The summed E-state index contributed by atoms with van der Waals surface area (Å²) in [5.41, 5.74) is 3.09. The maximum absolute atomic E-state index is 13.1. The van der Waals surface area contributed by atoms with Crippen LogP contribution in [0.4, 0.5) is 4.39 Å². The van der Waals surface area contributed by atoms with E-state index in [1.165, 1.54) is 6.07 Å². The minimum Gasteiger partial charge on any atom is -0.392 e. The zero-order valence-electron chi connectivity index (χ0n) is 10.4. The van der Waals surface area contributed by atoms with Crippen molar-refractivity contribution in [2.24, 2.45) is 0 Å². The third-order valence-electron chi connectivity index (χ3n) is 2.85. The number of nitrogens with one attached hydrogen (secondary N) is 1. The number of hydrogen-bond acceptors (Lipinski definition) is 2. The predicted molar refractivity (Wildman–Crippen MR) is 77.0 cm³/mol. The minimum absolute atomic E-state index is 0.0668. The van der Waals surface area contributed by atoms with Crippen LogP contribution < -0.4 is 5.32 Å². The fraction of sp³-hybridized carbons (Fsp3) is 0.200. The molecule has 0 aliphatic carbocycles. The van der Waals surface area contributed by atoms with Crippen LogP contribution in [0.15, 0.2) is 46.9 Å². The average Bonchev–Trinajstić information content (AvgIpc) is 2.43. The fourth-order valence-electron chi connectivity index (χ4n) is 1.76. The Morgan fingerprint density at radius 2 is 1.53 bits per heavy atom. The molecule has 0 saturated heterocycles. The predicted octanol–water partition coefficient (Wildman–Crippen LogP) is 3.37. The van der Waals surface area contributed by atoms with E-state index in [1.54, 1.807) is 12.1 Å². The Morgan fingerprint density at radius 3 is 2.16 bits per heavy atom. The third-order valence-corrected chi connectivity index (χ3v) is 3.46. The SMILES string of the molecule is OCc1ccc(CNCc2ccc(F)c(Br)c2)cc1.